The van der Waals surface area contributed by atoms with Crippen LogP contribution in [0.3, 0.4) is 0 Å². The van der Waals surface area contributed by atoms with Crippen molar-refractivity contribution >= 4 is 5.91 Å². The summed E-state index contributed by atoms with van der Waals surface area (Å²) in [5, 5.41) is 3.00. The summed E-state index contributed by atoms with van der Waals surface area (Å²) in [5.41, 5.74) is 3.24. The number of methoxy groups -OCH3 is 2. The second-order valence-electron chi connectivity index (χ2n) is 9.18. The Morgan fingerprint density at radius 1 is 0.972 bits per heavy atom. The van der Waals surface area contributed by atoms with Crippen molar-refractivity contribution < 1.29 is 14.3 Å². The van der Waals surface area contributed by atoms with Gasteiger partial charge in [-0.15, -0.1) is 0 Å². The molecule has 1 atom stereocenters. The second-order valence-corrected chi connectivity index (χ2v) is 9.18. The number of rotatable bonds is 9. The van der Waals surface area contributed by atoms with Crippen LogP contribution in [-0.2, 0) is 25.9 Å². The molecule has 1 N–H and O–H groups in total. The highest BCUT2D eigenvalue weighted by atomic mass is 16.5. The van der Waals surface area contributed by atoms with Crippen LogP contribution in [0.5, 0.6) is 11.5 Å². The number of carbonyl (C=O) groups is 1. The monoisotopic (exact) mass is 489 g/mol. The number of para-hydroxylation sites is 1. The van der Waals surface area contributed by atoms with E-state index in [1.807, 2.05) is 30.3 Å². The molecule has 3 aromatic rings. The first kappa shape index (κ1) is 25.5. The largest absolute Gasteiger partial charge is 0.496 e. The van der Waals surface area contributed by atoms with Gasteiger partial charge in [0.1, 0.15) is 17.1 Å². The molecule has 7 heteroatoms. The second kappa shape index (κ2) is 11.9. The van der Waals surface area contributed by atoms with Crippen LogP contribution >= 0.6 is 0 Å². The van der Waals surface area contributed by atoms with Gasteiger partial charge in [-0.05, 0) is 31.4 Å². The molecular formula is C29H35N3O4. The summed E-state index contributed by atoms with van der Waals surface area (Å²) in [6.07, 6.45) is 2.64. The lowest BCUT2D eigenvalue weighted by Crippen LogP contribution is -2.36. The van der Waals surface area contributed by atoms with Gasteiger partial charge in [0.15, 0.2) is 0 Å². The molecule has 0 saturated carbocycles. The third-order valence-corrected chi connectivity index (χ3v) is 7.02. The minimum Gasteiger partial charge on any atom is -0.496 e. The fourth-order valence-corrected chi connectivity index (χ4v) is 4.93. The number of benzene rings is 2. The first-order valence-corrected chi connectivity index (χ1v) is 12.5. The van der Waals surface area contributed by atoms with Gasteiger partial charge in [0.2, 0.25) is 0 Å². The van der Waals surface area contributed by atoms with E-state index in [1.54, 1.807) is 11.7 Å². The summed E-state index contributed by atoms with van der Waals surface area (Å²) < 4.78 is 12.6. The fraction of sp³-hybridized carbons (Fsp3) is 0.379. The van der Waals surface area contributed by atoms with Crippen molar-refractivity contribution in [2.75, 3.05) is 27.3 Å². The lowest BCUT2D eigenvalue weighted by molar-refractivity contribution is 0.0945. The van der Waals surface area contributed by atoms with Crippen molar-refractivity contribution in [1.82, 2.24) is 14.8 Å². The van der Waals surface area contributed by atoms with Gasteiger partial charge >= 0.3 is 0 Å². The zero-order valence-electron chi connectivity index (χ0n) is 21.3. The Kier molecular flexibility index (Phi) is 8.44. The number of aryl methyl sites for hydroxylation is 1. The molecule has 1 aromatic heterocycles. The van der Waals surface area contributed by atoms with E-state index in [0.717, 1.165) is 37.2 Å². The number of fused-ring (bicyclic) bond motifs is 1. The van der Waals surface area contributed by atoms with Crippen LogP contribution in [0.25, 0.3) is 0 Å². The third-order valence-electron chi connectivity index (χ3n) is 7.02. The molecule has 190 valence electrons. The van der Waals surface area contributed by atoms with E-state index >= 15 is 0 Å². The number of amides is 1. The van der Waals surface area contributed by atoms with Crippen LogP contribution in [0.15, 0.2) is 65.5 Å². The van der Waals surface area contributed by atoms with Crippen LogP contribution in [0.1, 0.15) is 40.5 Å². The lowest BCUT2D eigenvalue weighted by atomic mass is 10.0. The van der Waals surface area contributed by atoms with Crippen LogP contribution in [0.4, 0.5) is 0 Å². The van der Waals surface area contributed by atoms with Gasteiger partial charge in [-0.1, -0.05) is 48.5 Å². The topological polar surface area (TPSA) is 72.8 Å². The predicted octanol–water partition coefficient (Wildman–Crippen LogP) is 3.67. The van der Waals surface area contributed by atoms with Gasteiger partial charge in [0.05, 0.1) is 14.2 Å². The van der Waals surface area contributed by atoms with E-state index in [4.69, 9.17) is 9.47 Å². The maximum absolute atomic E-state index is 13.4. The minimum absolute atomic E-state index is 0.137. The van der Waals surface area contributed by atoms with Gasteiger partial charge in [0.25, 0.3) is 11.5 Å². The predicted molar refractivity (Wildman–Crippen MR) is 141 cm³/mol. The number of hydrogen-bond donors (Lipinski definition) is 1. The zero-order chi connectivity index (χ0) is 25.5. The van der Waals surface area contributed by atoms with E-state index in [0.29, 0.717) is 42.6 Å². The minimum atomic E-state index is -0.257. The van der Waals surface area contributed by atoms with Crippen LogP contribution in [-0.4, -0.2) is 48.7 Å². The lowest BCUT2D eigenvalue weighted by Gasteiger charge is -2.27. The smallest absolute Gasteiger partial charge is 0.257 e. The van der Waals surface area contributed by atoms with Gasteiger partial charge in [-0.2, -0.15) is 0 Å². The first-order chi connectivity index (χ1) is 17.5. The normalized spacial score (nSPS) is 14.4. The fourth-order valence-electron chi connectivity index (χ4n) is 4.93. The Hall–Kier alpha value is -3.58. The molecule has 0 spiro atoms. The van der Waals surface area contributed by atoms with Gasteiger partial charge < -0.3 is 19.4 Å². The highest BCUT2D eigenvalue weighted by Crippen LogP contribution is 2.24. The van der Waals surface area contributed by atoms with E-state index < -0.39 is 0 Å². The van der Waals surface area contributed by atoms with E-state index in [9.17, 15) is 9.59 Å². The number of hydrogen-bond acceptors (Lipinski definition) is 5. The highest BCUT2D eigenvalue weighted by Gasteiger charge is 2.26. The Balaban J connectivity index is 1.51. The van der Waals surface area contributed by atoms with Gasteiger partial charge in [-0.25, -0.2) is 0 Å². The molecule has 4 rings (SSSR count). The van der Waals surface area contributed by atoms with Crippen molar-refractivity contribution in [3.05, 3.63) is 93.4 Å². The highest BCUT2D eigenvalue weighted by molar-refractivity contribution is 5.98. The molecule has 0 saturated heterocycles. The summed E-state index contributed by atoms with van der Waals surface area (Å²) in [7, 11) is 3.11. The summed E-state index contributed by atoms with van der Waals surface area (Å²) in [5.74, 6) is 0.773. The summed E-state index contributed by atoms with van der Waals surface area (Å²) >= 11 is 0. The molecule has 2 heterocycles. The van der Waals surface area contributed by atoms with Crippen molar-refractivity contribution in [1.29, 1.82) is 0 Å². The molecule has 1 aliphatic heterocycles. The van der Waals surface area contributed by atoms with Crippen LogP contribution in [0.2, 0.25) is 0 Å². The average molecular weight is 490 g/mol. The number of carbonyl (C=O) groups excluding carboxylic acids is 1. The molecule has 1 amide bonds. The Bertz CT molecular complexity index is 1240. The molecule has 0 bridgehead atoms. The molecule has 36 heavy (non-hydrogen) atoms. The Labute approximate surface area is 212 Å². The van der Waals surface area contributed by atoms with Gasteiger partial charge in [-0.3, -0.25) is 14.5 Å². The average Bonchev–Trinajstić information content (AvgIpc) is 3.14. The van der Waals surface area contributed by atoms with Crippen LogP contribution < -0.4 is 20.3 Å². The van der Waals surface area contributed by atoms with Crippen molar-refractivity contribution in [3.8, 4) is 11.5 Å². The SMILES string of the molecule is COc1ccccc1CNC(=O)c1c(OC)cc(=O)n2c1CCN([C@@H](C)CCc1ccccc1)CC2. The number of aromatic nitrogens is 1. The van der Waals surface area contributed by atoms with Crippen LogP contribution in [0, 0.1) is 0 Å². The van der Waals surface area contributed by atoms with Crippen molar-refractivity contribution in [2.24, 2.45) is 0 Å². The molecule has 1 aliphatic rings. The number of nitrogens with zero attached hydrogens (tertiary/aromatic N) is 2. The van der Waals surface area contributed by atoms with Gasteiger partial charge in [0, 0.05) is 56.0 Å². The molecule has 7 nitrogen and oxygen atoms in total. The summed E-state index contributed by atoms with van der Waals surface area (Å²) in [6.45, 7) is 4.63. The van der Waals surface area contributed by atoms with Crippen molar-refractivity contribution in [2.45, 2.75) is 45.3 Å². The number of nitrogens with one attached hydrogen (secondary N) is 1. The van der Waals surface area contributed by atoms with E-state index in [2.05, 4.69) is 41.4 Å². The van der Waals surface area contributed by atoms with E-state index in [-0.39, 0.29) is 11.5 Å². The molecule has 0 radical (unpaired) electrons. The molecular weight excluding hydrogens is 454 g/mol. The molecule has 0 fully saturated rings. The standard InChI is InChI=1S/C29H35N3O4/c1-21(13-14-22-9-5-4-6-10-22)31-16-15-24-28(26(36-3)19-27(33)32(24)18-17-31)29(34)30-20-23-11-7-8-12-25(23)35-2/h4-12,19,21H,13-18,20H2,1-3H3,(H,30,34)/t21-/m0/s1. The molecule has 2 aromatic carbocycles. The number of ether oxygens (including phenoxy) is 2. The quantitative estimate of drug-likeness (QED) is 0.497. The zero-order valence-corrected chi connectivity index (χ0v) is 21.3. The van der Waals surface area contributed by atoms with Crippen molar-refractivity contribution in [3.63, 3.8) is 0 Å². The first-order valence-electron chi connectivity index (χ1n) is 12.5. The Morgan fingerprint density at radius 2 is 1.69 bits per heavy atom. The summed E-state index contributed by atoms with van der Waals surface area (Å²) in [6, 6.07) is 19.9. The molecule has 0 unspecified atom stereocenters. The maximum atomic E-state index is 13.4. The van der Waals surface area contributed by atoms with E-state index in [1.165, 1.54) is 18.7 Å². The molecule has 0 aliphatic carbocycles. The number of pyridine rings is 1. The maximum Gasteiger partial charge on any atom is 0.257 e. The Morgan fingerprint density at radius 3 is 2.44 bits per heavy atom. The summed E-state index contributed by atoms with van der Waals surface area (Å²) in [4.78, 5) is 28.8. The third kappa shape index (κ3) is 5.79.